The molecule has 11 nitrogen and oxygen atoms in total. The number of phenols is 1. The van der Waals surface area contributed by atoms with E-state index in [2.05, 4.69) is 5.43 Å². The number of anilines is 1. The van der Waals surface area contributed by atoms with E-state index in [-0.39, 0.29) is 50.5 Å². The minimum absolute atomic E-state index is 0.0171. The van der Waals surface area contributed by atoms with Gasteiger partial charge in [-0.05, 0) is 61.4 Å². The summed E-state index contributed by atoms with van der Waals surface area (Å²) in [4.78, 5) is 70.6. The molecular formula is C44H41N3O8. The van der Waals surface area contributed by atoms with E-state index in [1.807, 2.05) is 85.8 Å². The van der Waals surface area contributed by atoms with Crippen molar-refractivity contribution in [2.45, 2.75) is 50.5 Å². The Hall–Kier alpha value is -6.23. The number of aryl methyl sites for hydroxylation is 1. The van der Waals surface area contributed by atoms with E-state index in [9.17, 15) is 29.4 Å². The maximum absolute atomic E-state index is 15.3. The molecule has 3 fully saturated rings. The molecule has 0 aromatic heterocycles. The fourth-order valence-electron chi connectivity index (χ4n) is 9.36. The average molecular weight is 740 g/mol. The highest BCUT2D eigenvalue weighted by molar-refractivity contribution is 6.13. The zero-order chi connectivity index (χ0) is 38.4. The first-order valence-corrected chi connectivity index (χ1v) is 18.6. The number of phenolic OH excluding ortho intramolecular Hbond substituents is 1. The molecule has 4 amide bonds. The van der Waals surface area contributed by atoms with Gasteiger partial charge in [0.05, 0.1) is 28.9 Å². The number of ether oxygens (including phenoxy) is 1. The van der Waals surface area contributed by atoms with Gasteiger partial charge in [-0.15, -0.1) is 0 Å². The number of nitrogens with zero attached hydrogens (tertiary/aromatic N) is 2. The average Bonchev–Trinajstić information content (AvgIpc) is 3.56. The van der Waals surface area contributed by atoms with Crippen molar-refractivity contribution in [2.75, 3.05) is 12.0 Å². The predicted molar refractivity (Wildman–Crippen MR) is 201 cm³/mol. The van der Waals surface area contributed by atoms with Crippen LogP contribution in [0.1, 0.15) is 53.9 Å². The molecule has 280 valence electrons. The second-order valence-corrected chi connectivity index (χ2v) is 14.9. The van der Waals surface area contributed by atoms with Gasteiger partial charge in [-0.25, -0.2) is 0 Å². The molecule has 11 heteroatoms. The standard InChI is InChI=1S/C44H41N3O8/c1-26-14-16-29(17-15-26)45-47-41(52)35-24-34-31(20-21-33-38(34)42(53)46(40(33)51)22-8-13-37(49)50)39(44(35,43(47)54)28-11-6-3-7-12-28)32-19-18-30(23-36(32)48)55-25-27-9-4-2-5-10-27/h2-7,9-12,14-20,23,33-35,38-39,45,48H,8,13,21-22,24-25H2,1H3,(H,49,50). The minimum Gasteiger partial charge on any atom is -0.508 e. The number of aliphatic carboxylic acids is 1. The number of carboxylic acids is 1. The molecule has 4 aliphatic rings. The molecule has 0 spiro atoms. The van der Waals surface area contributed by atoms with Gasteiger partial charge in [0.1, 0.15) is 18.1 Å². The van der Waals surface area contributed by atoms with Gasteiger partial charge in [0.2, 0.25) is 11.8 Å². The number of nitrogens with one attached hydrogen (secondary N) is 1. The van der Waals surface area contributed by atoms with Crippen molar-refractivity contribution in [3.05, 3.63) is 137 Å². The number of carboxylic acid groups (broad SMARTS) is 1. The number of likely N-dealkylation sites (tertiary alicyclic amines) is 1. The van der Waals surface area contributed by atoms with Crippen LogP contribution in [0.2, 0.25) is 0 Å². The number of rotatable bonds is 11. The number of benzene rings is 4. The Bertz CT molecular complexity index is 2210. The summed E-state index contributed by atoms with van der Waals surface area (Å²) in [5, 5.41) is 22.3. The van der Waals surface area contributed by atoms with Gasteiger partial charge in [0.25, 0.3) is 11.8 Å². The van der Waals surface area contributed by atoms with Crippen LogP contribution in [-0.4, -0.2) is 56.3 Å². The van der Waals surface area contributed by atoms with Crippen LogP contribution in [-0.2, 0) is 36.0 Å². The van der Waals surface area contributed by atoms with Gasteiger partial charge in [0, 0.05) is 30.5 Å². The Morgan fingerprint density at radius 2 is 1.58 bits per heavy atom. The van der Waals surface area contributed by atoms with E-state index >= 15 is 4.79 Å². The fourth-order valence-corrected chi connectivity index (χ4v) is 9.36. The summed E-state index contributed by atoms with van der Waals surface area (Å²) in [6.07, 6.45) is 2.19. The molecule has 2 heterocycles. The molecule has 3 N–H and O–H groups in total. The van der Waals surface area contributed by atoms with E-state index in [1.54, 1.807) is 24.3 Å². The molecule has 8 rings (SSSR count). The Kier molecular flexibility index (Phi) is 9.24. The second kappa shape index (κ2) is 14.2. The van der Waals surface area contributed by atoms with Crippen LogP contribution in [0.25, 0.3) is 0 Å². The topological polar surface area (TPSA) is 154 Å². The highest BCUT2D eigenvalue weighted by Crippen LogP contribution is 2.65. The zero-order valence-corrected chi connectivity index (χ0v) is 30.3. The van der Waals surface area contributed by atoms with E-state index in [4.69, 9.17) is 4.74 Å². The van der Waals surface area contributed by atoms with Crippen LogP contribution >= 0.6 is 0 Å². The fraction of sp³-hybridized carbons (Fsp3) is 0.295. The number of aromatic hydroxyl groups is 1. The van der Waals surface area contributed by atoms with Crippen LogP contribution in [0.15, 0.2) is 115 Å². The number of allylic oxidation sites excluding steroid dienone is 2. The SMILES string of the molecule is Cc1ccc(NN2C(=O)C3CC4C(=CCC5C(=O)N(CCCC(=O)O)C(=O)C54)C(c4ccc(OCc5ccccc5)cc4O)C3(c3ccccc3)C2=O)cc1. The van der Waals surface area contributed by atoms with E-state index < -0.39 is 58.7 Å². The number of hydrazine groups is 1. The number of carbonyl (C=O) groups is 5. The van der Waals surface area contributed by atoms with Gasteiger partial charge in [0.15, 0.2) is 0 Å². The van der Waals surface area contributed by atoms with Crippen LogP contribution < -0.4 is 10.2 Å². The molecule has 55 heavy (non-hydrogen) atoms. The Morgan fingerprint density at radius 1 is 0.873 bits per heavy atom. The van der Waals surface area contributed by atoms with Crippen molar-refractivity contribution >= 4 is 35.3 Å². The van der Waals surface area contributed by atoms with Gasteiger partial charge >= 0.3 is 5.97 Å². The van der Waals surface area contributed by atoms with Crippen molar-refractivity contribution in [1.82, 2.24) is 9.91 Å². The number of fused-ring (bicyclic) bond motifs is 4. The lowest BCUT2D eigenvalue weighted by Gasteiger charge is -2.50. The Balaban J connectivity index is 1.26. The lowest BCUT2D eigenvalue weighted by Crippen LogP contribution is -2.53. The highest BCUT2D eigenvalue weighted by Gasteiger charge is 2.70. The highest BCUT2D eigenvalue weighted by atomic mass is 16.5. The number of carbonyl (C=O) groups excluding carboxylic acids is 4. The third-order valence-corrected chi connectivity index (χ3v) is 11.8. The first-order valence-electron chi connectivity index (χ1n) is 18.6. The summed E-state index contributed by atoms with van der Waals surface area (Å²) in [6.45, 7) is 2.19. The maximum Gasteiger partial charge on any atom is 0.303 e. The normalized spacial score (nSPS) is 25.6. The van der Waals surface area contributed by atoms with E-state index in [0.717, 1.165) is 16.1 Å². The van der Waals surface area contributed by atoms with Gasteiger partial charge in [-0.1, -0.05) is 96.1 Å². The number of amides is 4. The van der Waals surface area contributed by atoms with Gasteiger partial charge < -0.3 is 14.9 Å². The zero-order valence-electron chi connectivity index (χ0n) is 30.3. The van der Waals surface area contributed by atoms with Crippen molar-refractivity contribution in [3.8, 4) is 11.5 Å². The van der Waals surface area contributed by atoms with Crippen LogP contribution in [0.4, 0.5) is 5.69 Å². The molecule has 4 aromatic rings. The Labute approximate surface area is 318 Å². The third kappa shape index (κ3) is 6.04. The van der Waals surface area contributed by atoms with E-state index in [1.165, 1.54) is 11.0 Å². The first-order chi connectivity index (χ1) is 26.6. The molecule has 6 unspecified atom stereocenters. The van der Waals surface area contributed by atoms with E-state index in [0.29, 0.717) is 28.1 Å². The molecule has 0 radical (unpaired) electrons. The number of imide groups is 2. The first kappa shape index (κ1) is 35.8. The molecule has 2 aliphatic carbocycles. The third-order valence-electron chi connectivity index (χ3n) is 11.8. The van der Waals surface area contributed by atoms with Crippen molar-refractivity contribution in [1.29, 1.82) is 0 Å². The molecule has 2 saturated heterocycles. The van der Waals surface area contributed by atoms with Crippen LogP contribution in [0, 0.1) is 30.6 Å². The summed E-state index contributed by atoms with van der Waals surface area (Å²) in [5.74, 6) is -6.48. The molecule has 4 aromatic carbocycles. The lowest BCUT2D eigenvalue weighted by molar-refractivity contribution is -0.142. The Morgan fingerprint density at radius 3 is 2.27 bits per heavy atom. The minimum atomic E-state index is -1.54. The summed E-state index contributed by atoms with van der Waals surface area (Å²) in [6, 6.07) is 31.0. The maximum atomic E-state index is 15.3. The lowest BCUT2D eigenvalue weighted by atomic mass is 9.49. The summed E-state index contributed by atoms with van der Waals surface area (Å²) >= 11 is 0. The molecule has 1 saturated carbocycles. The summed E-state index contributed by atoms with van der Waals surface area (Å²) < 4.78 is 6.05. The van der Waals surface area contributed by atoms with Crippen molar-refractivity contribution in [3.63, 3.8) is 0 Å². The predicted octanol–water partition coefficient (Wildman–Crippen LogP) is 6.13. The molecule has 6 atom stereocenters. The van der Waals surface area contributed by atoms with Crippen molar-refractivity contribution in [2.24, 2.45) is 23.7 Å². The molecule has 0 bridgehead atoms. The molecular weight excluding hydrogens is 698 g/mol. The van der Waals surface area contributed by atoms with Gasteiger partial charge in [-0.2, -0.15) is 5.01 Å². The largest absolute Gasteiger partial charge is 0.508 e. The summed E-state index contributed by atoms with van der Waals surface area (Å²) in [5.41, 5.74) is 5.72. The van der Waals surface area contributed by atoms with Gasteiger partial charge in [-0.3, -0.25) is 34.3 Å². The quantitative estimate of drug-likeness (QED) is 0.122. The monoisotopic (exact) mass is 739 g/mol. The second-order valence-electron chi connectivity index (χ2n) is 14.9. The van der Waals surface area contributed by atoms with Crippen molar-refractivity contribution < 1.29 is 38.9 Å². The number of hydrogen-bond donors (Lipinski definition) is 3. The summed E-state index contributed by atoms with van der Waals surface area (Å²) in [7, 11) is 0. The smallest absolute Gasteiger partial charge is 0.303 e. The van der Waals surface area contributed by atoms with Crippen LogP contribution in [0.3, 0.4) is 0 Å². The molecule has 2 aliphatic heterocycles. The number of hydrogen-bond acceptors (Lipinski definition) is 8. The van der Waals surface area contributed by atoms with Crippen LogP contribution in [0.5, 0.6) is 11.5 Å².